The van der Waals surface area contributed by atoms with Gasteiger partial charge in [0.25, 0.3) is 0 Å². The van der Waals surface area contributed by atoms with Crippen LogP contribution in [0.3, 0.4) is 0 Å². The van der Waals surface area contributed by atoms with E-state index in [0.29, 0.717) is 5.92 Å². The Balaban J connectivity index is 2.26. The molecule has 2 atom stereocenters. The zero-order valence-electron chi connectivity index (χ0n) is 11.5. The van der Waals surface area contributed by atoms with Crippen molar-refractivity contribution in [3.05, 3.63) is 68.1 Å². The van der Waals surface area contributed by atoms with Crippen molar-refractivity contribution in [3.63, 3.8) is 0 Å². The topological polar surface area (TPSA) is 0 Å². The summed E-state index contributed by atoms with van der Waals surface area (Å²) in [4.78, 5) is 0. The maximum absolute atomic E-state index is 6.60. The molecule has 0 aliphatic carbocycles. The van der Waals surface area contributed by atoms with E-state index in [1.807, 2.05) is 6.07 Å². The molecule has 0 fully saturated rings. The highest BCUT2D eigenvalue weighted by molar-refractivity contribution is 9.11. The van der Waals surface area contributed by atoms with E-state index in [0.717, 1.165) is 26.5 Å². The number of halogens is 3. The highest BCUT2D eigenvalue weighted by Crippen LogP contribution is 2.33. The highest BCUT2D eigenvalue weighted by atomic mass is 79.9. The summed E-state index contributed by atoms with van der Waals surface area (Å²) in [7, 11) is 0. The minimum Gasteiger partial charge on any atom is -0.113 e. The Kier molecular flexibility index (Phi) is 5.71. The Hall–Kier alpha value is -0.310. The monoisotopic (exact) mass is 414 g/mol. The molecule has 2 rings (SSSR count). The quantitative estimate of drug-likeness (QED) is 0.468. The van der Waals surface area contributed by atoms with Crippen LogP contribution in [0.15, 0.2) is 51.4 Å². The second-order valence-corrected chi connectivity index (χ2v) is 7.31. The summed E-state index contributed by atoms with van der Waals surface area (Å²) < 4.78 is 2.06. The summed E-state index contributed by atoms with van der Waals surface area (Å²) in [6, 6.07) is 14.8. The summed E-state index contributed by atoms with van der Waals surface area (Å²) in [6.45, 7) is 4.46. The normalized spacial score (nSPS) is 14.1. The van der Waals surface area contributed by atoms with Crippen LogP contribution in [0.25, 0.3) is 0 Å². The first-order chi connectivity index (χ1) is 9.51. The Bertz CT molecular complexity index is 558. The van der Waals surface area contributed by atoms with Crippen LogP contribution in [-0.4, -0.2) is 0 Å². The number of hydrogen-bond acceptors (Lipinski definition) is 0. The van der Waals surface area contributed by atoms with E-state index < -0.39 is 0 Å². The van der Waals surface area contributed by atoms with Gasteiger partial charge in [-0.15, -0.1) is 11.6 Å². The summed E-state index contributed by atoms with van der Waals surface area (Å²) in [5, 5.41) is -0.130. The number of benzene rings is 2. The van der Waals surface area contributed by atoms with Crippen molar-refractivity contribution in [1.82, 2.24) is 0 Å². The van der Waals surface area contributed by atoms with E-state index >= 15 is 0 Å². The molecule has 0 nitrogen and oxygen atoms in total. The molecule has 0 saturated carbocycles. The van der Waals surface area contributed by atoms with Crippen LogP contribution in [0, 0.1) is 0 Å². The van der Waals surface area contributed by atoms with Crippen LogP contribution >= 0.6 is 43.5 Å². The third kappa shape index (κ3) is 3.87. The summed E-state index contributed by atoms with van der Waals surface area (Å²) in [6.07, 6.45) is 1.15. The molecule has 0 bridgehead atoms. The number of hydrogen-bond donors (Lipinski definition) is 0. The molecule has 0 amide bonds. The SMILES string of the molecule is CCC(C)c1ccc(C(Cl)c2cc(Br)cc(Br)c2)cc1. The molecule has 0 N–H and O–H groups in total. The zero-order chi connectivity index (χ0) is 14.7. The fraction of sp³-hybridized carbons (Fsp3) is 0.294. The molecule has 20 heavy (non-hydrogen) atoms. The molecular formula is C17H17Br2Cl. The lowest BCUT2D eigenvalue weighted by atomic mass is 9.96. The lowest BCUT2D eigenvalue weighted by Crippen LogP contribution is -1.96. The van der Waals surface area contributed by atoms with Crippen molar-refractivity contribution in [2.75, 3.05) is 0 Å². The smallest absolute Gasteiger partial charge is 0.0836 e. The maximum Gasteiger partial charge on any atom is 0.0836 e. The van der Waals surface area contributed by atoms with Crippen molar-refractivity contribution < 1.29 is 0 Å². The van der Waals surface area contributed by atoms with Crippen LogP contribution < -0.4 is 0 Å². The molecule has 0 aromatic heterocycles. The molecule has 2 aromatic carbocycles. The lowest BCUT2D eigenvalue weighted by Gasteiger charge is -2.14. The maximum atomic E-state index is 6.60. The van der Waals surface area contributed by atoms with Gasteiger partial charge in [0, 0.05) is 8.95 Å². The van der Waals surface area contributed by atoms with E-state index in [2.05, 4.69) is 82.1 Å². The minimum atomic E-state index is -0.130. The van der Waals surface area contributed by atoms with E-state index in [1.165, 1.54) is 5.56 Å². The average Bonchev–Trinajstić information content (AvgIpc) is 2.45. The third-order valence-electron chi connectivity index (χ3n) is 3.59. The lowest BCUT2D eigenvalue weighted by molar-refractivity contribution is 0.733. The van der Waals surface area contributed by atoms with Crippen molar-refractivity contribution in [3.8, 4) is 0 Å². The first kappa shape index (κ1) is 16.1. The number of rotatable bonds is 4. The average molecular weight is 417 g/mol. The molecule has 0 heterocycles. The largest absolute Gasteiger partial charge is 0.113 e. The fourth-order valence-electron chi connectivity index (χ4n) is 2.14. The summed E-state index contributed by atoms with van der Waals surface area (Å²) >= 11 is 13.6. The molecular weight excluding hydrogens is 399 g/mol. The van der Waals surface area contributed by atoms with Crippen molar-refractivity contribution >= 4 is 43.5 Å². The molecule has 0 aliphatic rings. The predicted octanol–water partition coefficient (Wildman–Crippen LogP) is 7.05. The first-order valence-corrected chi connectivity index (χ1v) is 8.73. The molecule has 0 radical (unpaired) electrons. The van der Waals surface area contributed by atoms with Crippen LogP contribution in [0.2, 0.25) is 0 Å². The van der Waals surface area contributed by atoms with Gasteiger partial charge in [-0.1, -0.05) is 70.0 Å². The zero-order valence-corrected chi connectivity index (χ0v) is 15.5. The highest BCUT2D eigenvalue weighted by Gasteiger charge is 2.13. The number of alkyl halides is 1. The molecule has 0 aliphatic heterocycles. The molecule has 106 valence electrons. The van der Waals surface area contributed by atoms with E-state index in [9.17, 15) is 0 Å². The molecule has 2 unspecified atom stereocenters. The molecule has 0 spiro atoms. The van der Waals surface area contributed by atoms with Gasteiger partial charge in [0.2, 0.25) is 0 Å². The molecule has 2 aromatic rings. The summed E-state index contributed by atoms with van der Waals surface area (Å²) in [5.41, 5.74) is 3.59. The van der Waals surface area contributed by atoms with Gasteiger partial charge in [-0.2, -0.15) is 0 Å². The predicted molar refractivity (Wildman–Crippen MR) is 94.7 cm³/mol. The third-order valence-corrected chi connectivity index (χ3v) is 5.01. The van der Waals surface area contributed by atoms with Gasteiger partial charge in [0.15, 0.2) is 0 Å². The van der Waals surface area contributed by atoms with Gasteiger partial charge in [0.1, 0.15) is 0 Å². The van der Waals surface area contributed by atoms with Crippen molar-refractivity contribution in [2.24, 2.45) is 0 Å². The Morgan fingerprint density at radius 3 is 1.90 bits per heavy atom. The van der Waals surface area contributed by atoms with Crippen molar-refractivity contribution in [1.29, 1.82) is 0 Å². The van der Waals surface area contributed by atoms with Crippen LogP contribution in [0.1, 0.15) is 48.3 Å². The van der Waals surface area contributed by atoms with E-state index in [4.69, 9.17) is 11.6 Å². The Morgan fingerprint density at radius 2 is 1.40 bits per heavy atom. The van der Waals surface area contributed by atoms with Gasteiger partial charge in [-0.25, -0.2) is 0 Å². The second kappa shape index (κ2) is 7.11. The van der Waals surface area contributed by atoms with Crippen LogP contribution in [0.5, 0.6) is 0 Å². The second-order valence-electron chi connectivity index (χ2n) is 5.04. The summed E-state index contributed by atoms with van der Waals surface area (Å²) in [5.74, 6) is 0.595. The van der Waals surface area contributed by atoms with Gasteiger partial charge in [-0.3, -0.25) is 0 Å². The minimum absolute atomic E-state index is 0.130. The van der Waals surface area contributed by atoms with Crippen molar-refractivity contribution in [2.45, 2.75) is 31.6 Å². The van der Waals surface area contributed by atoms with Crippen LogP contribution in [-0.2, 0) is 0 Å². The van der Waals surface area contributed by atoms with E-state index in [-0.39, 0.29) is 5.38 Å². The van der Waals surface area contributed by atoms with E-state index in [1.54, 1.807) is 0 Å². The first-order valence-electron chi connectivity index (χ1n) is 6.71. The van der Waals surface area contributed by atoms with Gasteiger partial charge in [0.05, 0.1) is 5.38 Å². The van der Waals surface area contributed by atoms with Crippen LogP contribution in [0.4, 0.5) is 0 Å². The molecule has 3 heteroatoms. The Morgan fingerprint density at radius 1 is 0.900 bits per heavy atom. The standard InChI is InChI=1S/C17H17Br2Cl/c1-3-11(2)12-4-6-13(7-5-12)17(20)14-8-15(18)10-16(19)9-14/h4-11,17H,3H2,1-2H3. The molecule has 0 saturated heterocycles. The van der Waals surface area contributed by atoms with Gasteiger partial charge in [-0.05, 0) is 47.2 Å². The fourth-order valence-corrected chi connectivity index (χ4v) is 3.74. The van der Waals surface area contributed by atoms with Gasteiger partial charge >= 0.3 is 0 Å². The van der Waals surface area contributed by atoms with Gasteiger partial charge < -0.3 is 0 Å². The Labute approximate surface area is 142 Å².